The summed E-state index contributed by atoms with van der Waals surface area (Å²) in [6.45, 7) is 7.75. The maximum absolute atomic E-state index is 9.54. The maximum Gasteiger partial charge on any atom is 0.220 e. The predicted octanol–water partition coefficient (Wildman–Crippen LogP) is 1.58. The van der Waals surface area contributed by atoms with Gasteiger partial charge < -0.3 is 10.2 Å². The Hall–Kier alpha value is -3.77. The maximum atomic E-state index is 9.54. The van der Waals surface area contributed by atoms with E-state index in [2.05, 4.69) is 43.0 Å². The van der Waals surface area contributed by atoms with Crippen LogP contribution in [0.2, 0.25) is 0 Å². The number of hydrogen-bond acceptors (Lipinski definition) is 5. The molecule has 0 radical (unpaired) electrons. The summed E-state index contributed by atoms with van der Waals surface area (Å²) in [5.74, 6) is 0.672. The van der Waals surface area contributed by atoms with Crippen LogP contribution in [0.3, 0.4) is 0 Å². The molecule has 0 saturated carbocycles. The third kappa shape index (κ3) is 3.73. The van der Waals surface area contributed by atoms with Crippen LogP contribution in [-0.4, -0.2) is 69.7 Å². The van der Waals surface area contributed by atoms with E-state index >= 15 is 0 Å². The highest BCUT2D eigenvalue weighted by Crippen LogP contribution is 2.28. The molecule has 0 atom stereocenters. The number of nitriles is 1. The summed E-state index contributed by atoms with van der Waals surface area (Å²) in [5, 5.41) is 21.5. The van der Waals surface area contributed by atoms with Crippen molar-refractivity contribution in [1.29, 1.82) is 5.26 Å². The molecule has 4 rings (SSSR count). The highest BCUT2D eigenvalue weighted by atomic mass is 15.3. The van der Waals surface area contributed by atoms with E-state index in [0.29, 0.717) is 22.6 Å². The van der Waals surface area contributed by atoms with Crippen molar-refractivity contribution in [3.63, 3.8) is 0 Å². The van der Waals surface area contributed by atoms with Crippen molar-refractivity contribution < 1.29 is 0 Å². The molecule has 4 heterocycles. The molecule has 9 nitrogen and oxygen atoms in total. The number of fused-ring (bicyclic) bond motifs is 1. The van der Waals surface area contributed by atoms with Crippen molar-refractivity contribution in [2.45, 2.75) is 0 Å². The number of aliphatic imine (C=N–C) groups is 2. The van der Waals surface area contributed by atoms with E-state index in [1.54, 1.807) is 34.9 Å². The fourth-order valence-electron chi connectivity index (χ4n) is 3.53. The summed E-state index contributed by atoms with van der Waals surface area (Å²) in [4.78, 5) is 11.1. The van der Waals surface area contributed by atoms with Gasteiger partial charge in [0.1, 0.15) is 6.07 Å². The third-order valence-corrected chi connectivity index (χ3v) is 5.05. The average molecular weight is 401 g/mol. The lowest BCUT2D eigenvalue weighted by Gasteiger charge is -2.27. The van der Waals surface area contributed by atoms with E-state index < -0.39 is 0 Å². The first-order valence-corrected chi connectivity index (χ1v) is 9.67. The Kier molecular flexibility index (Phi) is 5.41. The van der Waals surface area contributed by atoms with Crippen LogP contribution in [0.5, 0.6) is 0 Å². The van der Waals surface area contributed by atoms with Crippen molar-refractivity contribution in [1.82, 2.24) is 29.6 Å². The molecule has 9 heteroatoms. The van der Waals surface area contributed by atoms with Crippen molar-refractivity contribution in [2.24, 2.45) is 17.0 Å². The average Bonchev–Trinajstić information content (AvgIpc) is 3.40. The Morgan fingerprint density at radius 3 is 2.70 bits per heavy atom. The second-order valence-corrected chi connectivity index (χ2v) is 7.05. The lowest BCUT2D eigenvalue weighted by atomic mass is 10.0. The van der Waals surface area contributed by atoms with Gasteiger partial charge in [-0.2, -0.15) is 15.5 Å². The van der Waals surface area contributed by atoms with Gasteiger partial charge in [-0.1, -0.05) is 6.58 Å². The zero-order valence-corrected chi connectivity index (χ0v) is 17.1. The molecule has 3 aromatic rings. The number of nitrogens with zero attached hydrogens (tertiary/aromatic N) is 8. The number of rotatable bonds is 3. The SMILES string of the molecule is C=C(C=NC(=NC)N1CCNCC1)c1cc(-c2cnn(C)c2)cn2ncc(C#N)c12. The van der Waals surface area contributed by atoms with Crippen LogP contribution in [0, 0.1) is 11.3 Å². The number of aryl methyl sites for hydroxylation is 1. The fourth-order valence-corrected chi connectivity index (χ4v) is 3.53. The van der Waals surface area contributed by atoms with Crippen LogP contribution in [0.25, 0.3) is 22.2 Å². The molecule has 152 valence electrons. The molecule has 1 aliphatic heterocycles. The van der Waals surface area contributed by atoms with Crippen molar-refractivity contribution >= 4 is 23.3 Å². The summed E-state index contributed by atoms with van der Waals surface area (Å²) in [5.41, 5.74) is 4.56. The Bertz CT molecular complexity index is 1180. The molecule has 1 N–H and O–H groups in total. The monoisotopic (exact) mass is 401 g/mol. The third-order valence-electron chi connectivity index (χ3n) is 5.05. The molecule has 0 bridgehead atoms. The van der Waals surface area contributed by atoms with Crippen LogP contribution in [0.15, 0.2) is 47.4 Å². The summed E-state index contributed by atoms with van der Waals surface area (Å²) < 4.78 is 3.46. The van der Waals surface area contributed by atoms with E-state index in [1.807, 2.05) is 25.5 Å². The van der Waals surface area contributed by atoms with Crippen molar-refractivity contribution in [3.05, 3.63) is 48.6 Å². The fraction of sp³-hybridized carbons (Fsp3) is 0.286. The first-order chi connectivity index (χ1) is 14.6. The van der Waals surface area contributed by atoms with Gasteiger partial charge in [-0.05, 0) is 11.6 Å². The number of pyridine rings is 1. The number of piperazine rings is 1. The largest absolute Gasteiger partial charge is 0.339 e. The van der Waals surface area contributed by atoms with Gasteiger partial charge in [0, 0.05) is 75.6 Å². The van der Waals surface area contributed by atoms with Gasteiger partial charge in [0.05, 0.1) is 23.5 Å². The van der Waals surface area contributed by atoms with E-state index in [9.17, 15) is 5.26 Å². The van der Waals surface area contributed by atoms with Gasteiger partial charge in [-0.25, -0.2) is 9.51 Å². The van der Waals surface area contributed by atoms with Crippen molar-refractivity contribution in [3.8, 4) is 17.2 Å². The molecule has 1 fully saturated rings. The summed E-state index contributed by atoms with van der Waals surface area (Å²) in [6.07, 6.45) is 8.89. The van der Waals surface area contributed by atoms with Gasteiger partial charge in [-0.3, -0.25) is 9.67 Å². The molecular formula is C21H23N9. The molecule has 0 amide bonds. The molecule has 3 aromatic heterocycles. The number of aromatic nitrogens is 4. The van der Waals surface area contributed by atoms with E-state index in [0.717, 1.165) is 42.9 Å². The van der Waals surface area contributed by atoms with Gasteiger partial charge in [0.25, 0.3) is 0 Å². The minimum absolute atomic E-state index is 0.490. The minimum atomic E-state index is 0.490. The van der Waals surface area contributed by atoms with Gasteiger partial charge in [0.2, 0.25) is 5.96 Å². The van der Waals surface area contributed by atoms with Crippen LogP contribution in [0.4, 0.5) is 0 Å². The zero-order chi connectivity index (χ0) is 21.1. The first kappa shape index (κ1) is 19.5. The lowest BCUT2D eigenvalue weighted by molar-refractivity contribution is 0.354. The first-order valence-electron chi connectivity index (χ1n) is 9.67. The normalized spacial score (nSPS) is 15.1. The molecule has 0 aliphatic carbocycles. The second-order valence-electron chi connectivity index (χ2n) is 7.05. The Morgan fingerprint density at radius 2 is 2.03 bits per heavy atom. The van der Waals surface area contributed by atoms with Crippen LogP contribution < -0.4 is 5.32 Å². The molecule has 30 heavy (non-hydrogen) atoms. The molecule has 0 unspecified atom stereocenters. The summed E-state index contributed by atoms with van der Waals surface area (Å²) in [6, 6.07) is 4.21. The Morgan fingerprint density at radius 1 is 1.23 bits per heavy atom. The molecular weight excluding hydrogens is 378 g/mol. The predicted molar refractivity (Wildman–Crippen MR) is 117 cm³/mol. The highest BCUT2D eigenvalue weighted by molar-refractivity contribution is 6.15. The zero-order valence-electron chi connectivity index (χ0n) is 17.1. The van der Waals surface area contributed by atoms with Crippen molar-refractivity contribution in [2.75, 3.05) is 33.2 Å². The Labute approximate surface area is 174 Å². The topological polar surface area (TPSA) is 98.9 Å². The number of hydrogen-bond donors (Lipinski definition) is 1. The standard InChI is InChI=1S/C21H23N9/c1-15(10-25-21(23-2)29-6-4-24-5-7-29)19-8-16(18-12-26-28(3)13-18)14-30-20(19)17(9-22)11-27-30/h8,10-14,24H,1,4-7H2,2-3H3. The second kappa shape index (κ2) is 8.31. The summed E-state index contributed by atoms with van der Waals surface area (Å²) in [7, 11) is 3.61. The molecule has 1 aliphatic rings. The number of allylic oxidation sites excluding steroid dienone is 1. The molecule has 0 aromatic carbocycles. The lowest BCUT2D eigenvalue weighted by Crippen LogP contribution is -2.46. The van der Waals surface area contributed by atoms with E-state index in [-0.39, 0.29) is 0 Å². The van der Waals surface area contributed by atoms with Crippen LogP contribution in [-0.2, 0) is 7.05 Å². The number of nitrogens with one attached hydrogen (secondary N) is 1. The van der Waals surface area contributed by atoms with Crippen LogP contribution in [0.1, 0.15) is 11.1 Å². The Balaban J connectivity index is 1.73. The number of guanidine groups is 1. The molecule has 0 spiro atoms. The highest BCUT2D eigenvalue weighted by Gasteiger charge is 2.16. The van der Waals surface area contributed by atoms with Gasteiger partial charge >= 0.3 is 0 Å². The van der Waals surface area contributed by atoms with E-state index in [1.165, 1.54) is 0 Å². The van der Waals surface area contributed by atoms with E-state index in [4.69, 9.17) is 0 Å². The summed E-state index contributed by atoms with van der Waals surface area (Å²) >= 11 is 0. The molecule has 1 saturated heterocycles. The van der Waals surface area contributed by atoms with Gasteiger partial charge in [0.15, 0.2) is 0 Å². The minimum Gasteiger partial charge on any atom is -0.339 e. The van der Waals surface area contributed by atoms with Gasteiger partial charge in [-0.15, -0.1) is 0 Å². The smallest absolute Gasteiger partial charge is 0.220 e. The quantitative estimate of drug-likeness (QED) is 0.531. The van der Waals surface area contributed by atoms with Crippen LogP contribution >= 0.6 is 0 Å².